The summed E-state index contributed by atoms with van der Waals surface area (Å²) in [5, 5.41) is 4.01. The molecule has 2 N–H and O–H groups in total. The normalized spacial score (nSPS) is 11.6. The number of hydrogen-bond donors (Lipinski definition) is 1. The Bertz CT molecular complexity index is 571. The summed E-state index contributed by atoms with van der Waals surface area (Å²) in [6.45, 7) is 4.24. The Balaban J connectivity index is 2.08. The van der Waals surface area contributed by atoms with Gasteiger partial charge in [0, 0.05) is 7.11 Å². The Kier molecular flexibility index (Phi) is 4.80. The van der Waals surface area contributed by atoms with Crippen molar-refractivity contribution in [3.05, 3.63) is 36.0 Å². The quantitative estimate of drug-likeness (QED) is 0.790. The van der Waals surface area contributed by atoms with Crippen LogP contribution in [-0.2, 0) is 16.9 Å². The standard InChI is InChI=1S/C15H21N3O3/c1-4-15(5-2,19-3)14-17-13(21-18-14)10-20-12-9-7-6-8-11(12)16/h6-9H,4-5,10,16H2,1-3H3. The molecule has 0 fully saturated rings. The van der Waals surface area contributed by atoms with E-state index in [-0.39, 0.29) is 6.61 Å². The van der Waals surface area contributed by atoms with Crippen LogP contribution in [0, 0.1) is 0 Å². The molecule has 0 aliphatic heterocycles. The number of anilines is 1. The molecule has 0 spiro atoms. The molecule has 6 heteroatoms. The minimum absolute atomic E-state index is 0.175. The summed E-state index contributed by atoms with van der Waals surface area (Å²) in [4.78, 5) is 4.37. The zero-order valence-corrected chi connectivity index (χ0v) is 12.6. The summed E-state index contributed by atoms with van der Waals surface area (Å²) in [6.07, 6.45) is 1.54. The van der Waals surface area contributed by atoms with E-state index in [2.05, 4.69) is 10.1 Å². The monoisotopic (exact) mass is 291 g/mol. The molecule has 6 nitrogen and oxygen atoms in total. The molecule has 1 heterocycles. The lowest BCUT2D eigenvalue weighted by atomic mass is 9.96. The second-order valence-electron chi connectivity index (χ2n) is 4.74. The number of para-hydroxylation sites is 2. The number of methoxy groups -OCH3 is 1. The predicted molar refractivity (Wildman–Crippen MR) is 78.8 cm³/mol. The van der Waals surface area contributed by atoms with Gasteiger partial charge in [-0.05, 0) is 25.0 Å². The summed E-state index contributed by atoms with van der Waals surface area (Å²) in [5.74, 6) is 1.55. The van der Waals surface area contributed by atoms with E-state index in [0.29, 0.717) is 23.2 Å². The number of nitrogens with two attached hydrogens (primary N) is 1. The topological polar surface area (TPSA) is 83.4 Å². The first-order valence-corrected chi connectivity index (χ1v) is 7.00. The molecule has 0 radical (unpaired) electrons. The molecule has 2 aromatic rings. The summed E-state index contributed by atoms with van der Waals surface area (Å²) in [7, 11) is 1.66. The number of nitrogen functional groups attached to an aromatic ring is 1. The van der Waals surface area contributed by atoms with E-state index in [0.717, 1.165) is 12.8 Å². The van der Waals surface area contributed by atoms with Crippen molar-refractivity contribution in [1.29, 1.82) is 0 Å². The molecule has 2 rings (SSSR count). The SMILES string of the molecule is CCC(CC)(OC)c1noc(COc2ccccc2N)n1. The number of ether oxygens (including phenoxy) is 2. The Morgan fingerprint density at radius 2 is 1.95 bits per heavy atom. The summed E-state index contributed by atoms with van der Waals surface area (Å²) < 4.78 is 16.4. The highest BCUT2D eigenvalue weighted by Crippen LogP contribution is 2.30. The fourth-order valence-electron chi connectivity index (χ4n) is 2.20. The maximum absolute atomic E-state index is 5.81. The average Bonchev–Trinajstić information content (AvgIpc) is 2.98. The zero-order chi connectivity index (χ0) is 15.3. The molecule has 0 saturated heterocycles. The molecular weight excluding hydrogens is 270 g/mol. The first kappa shape index (κ1) is 15.3. The second kappa shape index (κ2) is 6.58. The van der Waals surface area contributed by atoms with Gasteiger partial charge in [-0.2, -0.15) is 4.98 Å². The number of benzene rings is 1. The Hall–Kier alpha value is -2.08. The lowest BCUT2D eigenvalue weighted by molar-refractivity contribution is -0.0306. The summed E-state index contributed by atoms with van der Waals surface area (Å²) in [6, 6.07) is 7.28. The number of aromatic nitrogens is 2. The van der Waals surface area contributed by atoms with Crippen LogP contribution in [0.4, 0.5) is 5.69 Å². The average molecular weight is 291 g/mol. The fraction of sp³-hybridized carbons (Fsp3) is 0.467. The third kappa shape index (κ3) is 3.16. The van der Waals surface area contributed by atoms with Gasteiger partial charge in [-0.3, -0.25) is 0 Å². The van der Waals surface area contributed by atoms with Crippen LogP contribution in [0.25, 0.3) is 0 Å². The van der Waals surface area contributed by atoms with Crippen LogP contribution in [0.15, 0.2) is 28.8 Å². The van der Waals surface area contributed by atoms with Gasteiger partial charge in [0.2, 0.25) is 5.82 Å². The number of nitrogens with zero attached hydrogens (tertiary/aromatic N) is 2. The maximum Gasteiger partial charge on any atom is 0.264 e. The molecule has 0 unspecified atom stereocenters. The van der Waals surface area contributed by atoms with Crippen LogP contribution in [0.3, 0.4) is 0 Å². The lowest BCUT2D eigenvalue weighted by Crippen LogP contribution is -2.28. The van der Waals surface area contributed by atoms with E-state index >= 15 is 0 Å². The van der Waals surface area contributed by atoms with Crippen molar-refractivity contribution in [3.8, 4) is 5.75 Å². The largest absolute Gasteiger partial charge is 0.482 e. The van der Waals surface area contributed by atoms with Crippen LogP contribution in [0.5, 0.6) is 5.75 Å². The van der Waals surface area contributed by atoms with Crippen molar-refractivity contribution in [3.63, 3.8) is 0 Å². The Morgan fingerprint density at radius 1 is 1.24 bits per heavy atom. The van der Waals surface area contributed by atoms with Gasteiger partial charge in [-0.15, -0.1) is 0 Å². The van der Waals surface area contributed by atoms with Gasteiger partial charge < -0.3 is 19.7 Å². The fourth-order valence-corrected chi connectivity index (χ4v) is 2.20. The highest BCUT2D eigenvalue weighted by molar-refractivity contribution is 5.51. The van der Waals surface area contributed by atoms with Crippen LogP contribution >= 0.6 is 0 Å². The van der Waals surface area contributed by atoms with E-state index in [4.69, 9.17) is 19.7 Å². The van der Waals surface area contributed by atoms with Crippen molar-refractivity contribution < 1.29 is 14.0 Å². The van der Waals surface area contributed by atoms with E-state index in [1.807, 2.05) is 26.0 Å². The van der Waals surface area contributed by atoms with Crippen molar-refractivity contribution in [2.75, 3.05) is 12.8 Å². The highest BCUT2D eigenvalue weighted by Gasteiger charge is 2.33. The molecule has 1 aromatic carbocycles. The molecule has 0 atom stereocenters. The minimum Gasteiger partial charge on any atom is -0.482 e. The number of hydrogen-bond acceptors (Lipinski definition) is 6. The van der Waals surface area contributed by atoms with Crippen molar-refractivity contribution in [1.82, 2.24) is 10.1 Å². The summed E-state index contributed by atoms with van der Waals surface area (Å²) in [5.41, 5.74) is 5.88. The van der Waals surface area contributed by atoms with E-state index < -0.39 is 5.60 Å². The van der Waals surface area contributed by atoms with E-state index in [9.17, 15) is 0 Å². The van der Waals surface area contributed by atoms with Crippen molar-refractivity contribution in [2.24, 2.45) is 0 Å². The smallest absolute Gasteiger partial charge is 0.264 e. The van der Waals surface area contributed by atoms with Crippen molar-refractivity contribution in [2.45, 2.75) is 38.9 Å². The summed E-state index contributed by atoms with van der Waals surface area (Å²) >= 11 is 0. The van der Waals surface area contributed by atoms with Crippen LogP contribution in [-0.4, -0.2) is 17.3 Å². The van der Waals surface area contributed by atoms with Gasteiger partial charge in [0.15, 0.2) is 6.61 Å². The third-order valence-corrected chi connectivity index (χ3v) is 3.68. The molecule has 0 aliphatic rings. The van der Waals surface area contributed by atoms with Gasteiger partial charge in [-0.25, -0.2) is 0 Å². The third-order valence-electron chi connectivity index (χ3n) is 3.68. The highest BCUT2D eigenvalue weighted by atomic mass is 16.5. The van der Waals surface area contributed by atoms with Gasteiger partial charge in [-0.1, -0.05) is 31.1 Å². The molecule has 114 valence electrons. The molecule has 1 aromatic heterocycles. The van der Waals surface area contributed by atoms with Crippen molar-refractivity contribution >= 4 is 5.69 Å². The first-order valence-electron chi connectivity index (χ1n) is 7.00. The van der Waals surface area contributed by atoms with E-state index in [1.165, 1.54) is 0 Å². The number of rotatable bonds is 7. The molecule has 0 amide bonds. The Morgan fingerprint density at radius 3 is 2.57 bits per heavy atom. The van der Waals surface area contributed by atoms with Gasteiger partial charge in [0.05, 0.1) is 5.69 Å². The Labute approximate surface area is 124 Å². The first-order chi connectivity index (χ1) is 10.1. The second-order valence-corrected chi connectivity index (χ2v) is 4.74. The molecule has 0 bridgehead atoms. The molecule has 0 saturated carbocycles. The van der Waals surface area contributed by atoms with Crippen LogP contribution in [0.1, 0.15) is 38.4 Å². The van der Waals surface area contributed by atoms with Crippen LogP contribution < -0.4 is 10.5 Å². The molecular formula is C15H21N3O3. The minimum atomic E-state index is -0.506. The van der Waals surface area contributed by atoms with Crippen LogP contribution in [0.2, 0.25) is 0 Å². The van der Waals surface area contributed by atoms with E-state index in [1.54, 1.807) is 19.2 Å². The van der Waals surface area contributed by atoms with Gasteiger partial charge in [0.25, 0.3) is 5.89 Å². The van der Waals surface area contributed by atoms with Gasteiger partial charge in [0.1, 0.15) is 11.4 Å². The zero-order valence-electron chi connectivity index (χ0n) is 12.6. The molecule has 21 heavy (non-hydrogen) atoms. The van der Waals surface area contributed by atoms with Gasteiger partial charge >= 0.3 is 0 Å². The predicted octanol–water partition coefficient (Wildman–Crippen LogP) is 2.89. The maximum atomic E-state index is 5.81. The lowest BCUT2D eigenvalue weighted by Gasteiger charge is -2.25. The molecule has 0 aliphatic carbocycles.